The lowest BCUT2D eigenvalue weighted by atomic mass is 10.0. The Labute approximate surface area is 134 Å². The summed E-state index contributed by atoms with van der Waals surface area (Å²) in [4.78, 5) is 1.31. The molecule has 114 valence electrons. The van der Waals surface area contributed by atoms with Crippen molar-refractivity contribution in [1.29, 1.82) is 0 Å². The first-order valence-electron chi connectivity index (χ1n) is 7.36. The van der Waals surface area contributed by atoms with Crippen molar-refractivity contribution in [3.8, 4) is 0 Å². The van der Waals surface area contributed by atoms with Gasteiger partial charge in [-0.2, -0.15) is 0 Å². The lowest BCUT2D eigenvalue weighted by Gasteiger charge is -2.21. The molecule has 5 heteroatoms. The molecule has 0 amide bonds. The van der Waals surface area contributed by atoms with Crippen LogP contribution in [0, 0.1) is 6.92 Å². The molecule has 0 fully saturated rings. The van der Waals surface area contributed by atoms with E-state index in [1.165, 1.54) is 10.4 Å². The van der Waals surface area contributed by atoms with Crippen molar-refractivity contribution in [2.24, 2.45) is 0 Å². The standard InChI is InChI=1S/C17H19N3OS/c1-12(17-20-19-13(2)21-17)18-15(16-9-6-10-22-16)11-14-7-4-3-5-8-14/h3-10,12,15,18H,11H2,1-2H3/t12-,15+/m0/s1. The molecular weight excluding hydrogens is 294 g/mol. The van der Waals surface area contributed by atoms with Crippen molar-refractivity contribution in [3.63, 3.8) is 0 Å². The molecule has 2 atom stereocenters. The maximum Gasteiger partial charge on any atom is 0.233 e. The average Bonchev–Trinajstić information content (AvgIpc) is 3.19. The summed E-state index contributed by atoms with van der Waals surface area (Å²) in [5, 5.41) is 13.7. The maximum absolute atomic E-state index is 5.53. The molecule has 3 aromatic rings. The molecule has 0 bridgehead atoms. The highest BCUT2D eigenvalue weighted by Gasteiger charge is 2.20. The van der Waals surface area contributed by atoms with Crippen LogP contribution in [-0.4, -0.2) is 10.2 Å². The summed E-state index contributed by atoms with van der Waals surface area (Å²) in [7, 11) is 0. The van der Waals surface area contributed by atoms with Crippen LogP contribution >= 0.6 is 11.3 Å². The summed E-state index contributed by atoms with van der Waals surface area (Å²) in [6.07, 6.45) is 0.929. The Kier molecular flexibility index (Phi) is 4.65. The fraction of sp³-hybridized carbons (Fsp3) is 0.294. The maximum atomic E-state index is 5.53. The van der Waals surface area contributed by atoms with E-state index >= 15 is 0 Å². The van der Waals surface area contributed by atoms with Gasteiger partial charge in [0.1, 0.15) is 0 Å². The Morgan fingerprint density at radius 1 is 1.14 bits per heavy atom. The molecule has 0 spiro atoms. The molecule has 0 aliphatic rings. The monoisotopic (exact) mass is 313 g/mol. The number of benzene rings is 1. The van der Waals surface area contributed by atoms with E-state index in [0.717, 1.165) is 6.42 Å². The molecule has 0 saturated carbocycles. The van der Waals surface area contributed by atoms with Gasteiger partial charge in [0, 0.05) is 17.8 Å². The van der Waals surface area contributed by atoms with Crippen LogP contribution in [0.15, 0.2) is 52.3 Å². The molecule has 4 nitrogen and oxygen atoms in total. The predicted molar refractivity (Wildman–Crippen MR) is 87.8 cm³/mol. The third kappa shape index (κ3) is 3.61. The van der Waals surface area contributed by atoms with Crippen molar-refractivity contribution in [1.82, 2.24) is 15.5 Å². The van der Waals surface area contributed by atoms with E-state index in [1.807, 2.05) is 13.0 Å². The minimum absolute atomic E-state index is 0.0111. The van der Waals surface area contributed by atoms with Gasteiger partial charge in [0.15, 0.2) is 0 Å². The molecule has 22 heavy (non-hydrogen) atoms. The molecule has 1 N–H and O–H groups in total. The zero-order valence-corrected chi connectivity index (χ0v) is 13.5. The van der Waals surface area contributed by atoms with Crippen LogP contribution in [0.5, 0.6) is 0 Å². The van der Waals surface area contributed by atoms with Crippen LogP contribution in [0.1, 0.15) is 41.2 Å². The Morgan fingerprint density at radius 3 is 2.59 bits per heavy atom. The third-order valence-corrected chi connectivity index (χ3v) is 4.52. The fourth-order valence-electron chi connectivity index (χ4n) is 2.44. The van der Waals surface area contributed by atoms with Gasteiger partial charge in [0.2, 0.25) is 11.8 Å². The van der Waals surface area contributed by atoms with Gasteiger partial charge < -0.3 is 4.42 Å². The minimum atomic E-state index is 0.0111. The fourth-order valence-corrected chi connectivity index (χ4v) is 3.23. The Morgan fingerprint density at radius 2 is 1.95 bits per heavy atom. The van der Waals surface area contributed by atoms with Gasteiger partial charge in [-0.25, -0.2) is 0 Å². The van der Waals surface area contributed by atoms with E-state index in [4.69, 9.17) is 4.42 Å². The number of aryl methyl sites for hydroxylation is 1. The zero-order chi connectivity index (χ0) is 15.4. The van der Waals surface area contributed by atoms with Gasteiger partial charge in [0.05, 0.1) is 6.04 Å². The predicted octanol–water partition coefficient (Wildman–Crippen LogP) is 4.07. The zero-order valence-electron chi connectivity index (χ0n) is 12.7. The number of hydrogen-bond donors (Lipinski definition) is 1. The normalized spacial score (nSPS) is 13.9. The van der Waals surface area contributed by atoms with Crippen LogP contribution in [-0.2, 0) is 6.42 Å². The summed E-state index contributed by atoms with van der Waals surface area (Å²) in [5.74, 6) is 1.23. The van der Waals surface area contributed by atoms with Gasteiger partial charge in [-0.3, -0.25) is 5.32 Å². The molecule has 0 aliphatic heterocycles. The highest BCUT2D eigenvalue weighted by Crippen LogP contribution is 2.26. The summed E-state index contributed by atoms with van der Waals surface area (Å²) >= 11 is 1.76. The highest BCUT2D eigenvalue weighted by atomic mass is 32.1. The molecule has 1 aromatic carbocycles. The van der Waals surface area contributed by atoms with E-state index in [-0.39, 0.29) is 12.1 Å². The lowest BCUT2D eigenvalue weighted by Crippen LogP contribution is -2.26. The first-order valence-corrected chi connectivity index (χ1v) is 8.23. The number of rotatable bonds is 6. The minimum Gasteiger partial charge on any atom is -0.424 e. The van der Waals surface area contributed by atoms with E-state index < -0.39 is 0 Å². The number of nitrogens with zero attached hydrogens (tertiary/aromatic N) is 2. The average molecular weight is 313 g/mol. The Bertz CT molecular complexity index is 694. The molecule has 2 heterocycles. The second-order valence-corrected chi connectivity index (χ2v) is 6.28. The number of nitrogens with one attached hydrogen (secondary N) is 1. The largest absolute Gasteiger partial charge is 0.424 e. The third-order valence-electron chi connectivity index (χ3n) is 3.53. The van der Waals surface area contributed by atoms with Crippen LogP contribution in [0.4, 0.5) is 0 Å². The second kappa shape index (κ2) is 6.85. The van der Waals surface area contributed by atoms with Crippen molar-refractivity contribution in [2.75, 3.05) is 0 Å². The SMILES string of the molecule is Cc1nnc([C@H](C)N[C@H](Cc2ccccc2)c2cccs2)o1. The van der Waals surface area contributed by atoms with Crippen LogP contribution < -0.4 is 5.32 Å². The number of aromatic nitrogens is 2. The first-order chi connectivity index (χ1) is 10.7. The van der Waals surface area contributed by atoms with Gasteiger partial charge >= 0.3 is 0 Å². The van der Waals surface area contributed by atoms with Crippen molar-refractivity contribution in [2.45, 2.75) is 32.4 Å². The van der Waals surface area contributed by atoms with E-state index in [9.17, 15) is 0 Å². The van der Waals surface area contributed by atoms with Gasteiger partial charge in [-0.15, -0.1) is 21.5 Å². The van der Waals surface area contributed by atoms with Crippen LogP contribution in [0.3, 0.4) is 0 Å². The Hall–Kier alpha value is -1.98. The summed E-state index contributed by atoms with van der Waals surface area (Å²) in [5.41, 5.74) is 1.31. The van der Waals surface area contributed by atoms with Gasteiger partial charge in [-0.05, 0) is 30.4 Å². The van der Waals surface area contributed by atoms with Gasteiger partial charge in [0.25, 0.3) is 0 Å². The summed E-state index contributed by atoms with van der Waals surface area (Å²) < 4.78 is 5.53. The second-order valence-electron chi connectivity index (χ2n) is 5.31. The van der Waals surface area contributed by atoms with Crippen LogP contribution in [0.2, 0.25) is 0 Å². The van der Waals surface area contributed by atoms with E-state index in [1.54, 1.807) is 11.3 Å². The quantitative estimate of drug-likeness (QED) is 0.745. The van der Waals surface area contributed by atoms with Crippen LogP contribution in [0.25, 0.3) is 0 Å². The molecule has 3 rings (SSSR count). The molecule has 0 aliphatic carbocycles. The highest BCUT2D eigenvalue weighted by molar-refractivity contribution is 7.10. The molecule has 0 radical (unpaired) electrons. The lowest BCUT2D eigenvalue weighted by molar-refractivity contribution is 0.372. The van der Waals surface area contributed by atoms with Crippen molar-refractivity contribution in [3.05, 3.63) is 70.1 Å². The van der Waals surface area contributed by atoms with E-state index in [2.05, 4.69) is 64.2 Å². The van der Waals surface area contributed by atoms with E-state index in [0.29, 0.717) is 11.8 Å². The Balaban J connectivity index is 1.77. The molecule has 2 aromatic heterocycles. The van der Waals surface area contributed by atoms with Crippen molar-refractivity contribution >= 4 is 11.3 Å². The smallest absolute Gasteiger partial charge is 0.233 e. The van der Waals surface area contributed by atoms with Crippen molar-refractivity contribution < 1.29 is 4.42 Å². The number of hydrogen-bond acceptors (Lipinski definition) is 5. The molecule has 0 unspecified atom stereocenters. The molecule has 0 saturated heterocycles. The molecular formula is C17H19N3OS. The number of thiophene rings is 1. The first kappa shape index (κ1) is 14.9. The summed E-state index contributed by atoms with van der Waals surface area (Å²) in [6.45, 7) is 3.86. The van der Waals surface area contributed by atoms with Gasteiger partial charge in [-0.1, -0.05) is 36.4 Å². The topological polar surface area (TPSA) is 51.0 Å². The summed E-state index contributed by atoms with van der Waals surface area (Å²) in [6, 6.07) is 15.0.